The molecule has 1 unspecified atom stereocenters. The fourth-order valence-electron chi connectivity index (χ4n) is 2.29. The number of hydrogen-bond acceptors (Lipinski definition) is 3. The van der Waals surface area contributed by atoms with Gasteiger partial charge in [0.25, 0.3) is 5.91 Å². The van der Waals surface area contributed by atoms with Crippen molar-refractivity contribution < 1.29 is 4.79 Å². The summed E-state index contributed by atoms with van der Waals surface area (Å²) in [5.41, 5.74) is 1.18. The van der Waals surface area contributed by atoms with E-state index in [2.05, 4.69) is 18.3 Å². The van der Waals surface area contributed by atoms with Gasteiger partial charge >= 0.3 is 0 Å². The summed E-state index contributed by atoms with van der Waals surface area (Å²) in [7, 11) is 1.93. The third kappa shape index (κ3) is 2.69. The zero-order valence-corrected chi connectivity index (χ0v) is 11.3. The van der Waals surface area contributed by atoms with Gasteiger partial charge in [-0.25, -0.2) is 0 Å². The van der Waals surface area contributed by atoms with E-state index in [-0.39, 0.29) is 5.91 Å². The molecule has 1 saturated heterocycles. The molecule has 3 nitrogen and oxygen atoms in total. The van der Waals surface area contributed by atoms with Gasteiger partial charge in [0.05, 0.1) is 4.88 Å². The Hall–Kier alpha value is -0.870. The predicted octanol–water partition coefficient (Wildman–Crippen LogP) is 2.13. The number of thiophene rings is 1. The van der Waals surface area contributed by atoms with Crippen molar-refractivity contribution in [2.75, 3.05) is 20.1 Å². The van der Waals surface area contributed by atoms with Crippen LogP contribution in [0.25, 0.3) is 0 Å². The van der Waals surface area contributed by atoms with Gasteiger partial charge in [0, 0.05) is 19.6 Å². The van der Waals surface area contributed by atoms with E-state index < -0.39 is 0 Å². The number of rotatable bonds is 3. The van der Waals surface area contributed by atoms with Crippen LogP contribution < -0.4 is 5.32 Å². The highest BCUT2D eigenvalue weighted by molar-refractivity contribution is 7.12. The second-order valence-corrected chi connectivity index (χ2v) is 5.46. The minimum absolute atomic E-state index is 0.186. The largest absolute Gasteiger partial charge is 0.337 e. The standard InChI is InChI=1S/C13H20N2OS/c1-3-10-6-8-17-12(10)13(16)15(2)11-5-4-7-14-9-11/h6,8,11,14H,3-5,7,9H2,1-2H3. The lowest BCUT2D eigenvalue weighted by atomic mass is 10.1. The Morgan fingerprint density at radius 3 is 3.12 bits per heavy atom. The van der Waals surface area contributed by atoms with E-state index in [0.29, 0.717) is 6.04 Å². The van der Waals surface area contributed by atoms with E-state index in [0.717, 1.165) is 37.2 Å². The molecule has 94 valence electrons. The Kier molecular flexibility index (Phi) is 4.18. The van der Waals surface area contributed by atoms with Crippen molar-refractivity contribution in [1.82, 2.24) is 10.2 Å². The molecule has 1 atom stereocenters. The van der Waals surface area contributed by atoms with Crippen LogP contribution in [0.15, 0.2) is 11.4 Å². The van der Waals surface area contributed by atoms with Crippen LogP contribution in [0, 0.1) is 0 Å². The van der Waals surface area contributed by atoms with Crippen molar-refractivity contribution in [2.24, 2.45) is 0 Å². The maximum atomic E-state index is 12.4. The molecule has 0 bridgehead atoms. The lowest BCUT2D eigenvalue weighted by molar-refractivity contribution is 0.0712. The molecule has 2 heterocycles. The summed E-state index contributed by atoms with van der Waals surface area (Å²) in [6.07, 6.45) is 3.21. The van der Waals surface area contributed by atoms with E-state index in [9.17, 15) is 4.79 Å². The number of carbonyl (C=O) groups excluding carboxylic acids is 1. The molecule has 1 amide bonds. The lowest BCUT2D eigenvalue weighted by Crippen LogP contribution is -2.46. The maximum Gasteiger partial charge on any atom is 0.264 e. The predicted molar refractivity (Wildman–Crippen MR) is 71.7 cm³/mol. The minimum Gasteiger partial charge on any atom is -0.337 e. The molecule has 1 aliphatic heterocycles. The summed E-state index contributed by atoms with van der Waals surface area (Å²) >= 11 is 1.56. The lowest BCUT2D eigenvalue weighted by Gasteiger charge is -2.31. The van der Waals surface area contributed by atoms with Crippen molar-refractivity contribution >= 4 is 17.2 Å². The van der Waals surface area contributed by atoms with Crippen molar-refractivity contribution in [1.29, 1.82) is 0 Å². The van der Waals surface area contributed by atoms with Crippen LogP contribution in [0.1, 0.15) is 35.0 Å². The van der Waals surface area contributed by atoms with Gasteiger partial charge < -0.3 is 10.2 Å². The normalized spacial score (nSPS) is 20.2. The average Bonchev–Trinajstić information content (AvgIpc) is 2.86. The molecular formula is C13H20N2OS. The monoisotopic (exact) mass is 252 g/mol. The highest BCUT2D eigenvalue weighted by Gasteiger charge is 2.24. The molecule has 1 aliphatic rings. The quantitative estimate of drug-likeness (QED) is 0.894. The van der Waals surface area contributed by atoms with Crippen LogP contribution in [0.3, 0.4) is 0 Å². The topological polar surface area (TPSA) is 32.3 Å². The van der Waals surface area contributed by atoms with Crippen LogP contribution in [0.2, 0.25) is 0 Å². The van der Waals surface area contributed by atoms with Crippen LogP contribution in [-0.4, -0.2) is 37.0 Å². The zero-order valence-electron chi connectivity index (χ0n) is 10.5. The number of likely N-dealkylation sites (N-methyl/N-ethyl adjacent to an activating group) is 1. The van der Waals surface area contributed by atoms with Gasteiger partial charge in [-0.1, -0.05) is 6.92 Å². The third-order valence-corrected chi connectivity index (χ3v) is 4.41. The summed E-state index contributed by atoms with van der Waals surface area (Å²) in [5, 5.41) is 5.37. The van der Waals surface area contributed by atoms with Gasteiger partial charge in [0.15, 0.2) is 0 Å². The smallest absolute Gasteiger partial charge is 0.264 e. The van der Waals surface area contributed by atoms with Gasteiger partial charge in [-0.05, 0) is 42.8 Å². The van der Waals surface area contributed by atoms with Gasteiger partial charge in [0.1, 0.15) is 0 Å². The maximum absolute atomic E-state index is 12.4. The van der Waals surface area contributed by atoms with Crippen LogP contribution in [-0.2, 0) is 6.42 Å². The van der Waals surface area contributed by atoms with E-state index in [1.807, 2.05) is 17.3 Å². The molecule has 1 aromatic rings. The Morgan fingerprint density at radius 1 is 1.65 bits per heavy atom. The molecule has 1 aromatic heterocycles. The molecule has 0 aliphatic carbocycles. The molecule has 2 rings (SSSR count). The van der Waals surface area contributed by atoms with E-state index in [1.165, 1.54) is 5.56 Å². The van der Waals surface area contributed by atoms with Crippen LogP contribution >= 0.6 is 11.3 Å². The number of aryl methyl sites for hydroxylation is 1. The zero-order chi connectivity index (χ0) is 12.3. The number of amides is 1. The summed E-state index contributed by atoms with van der Waals surface area (Å²) in [6, 6.07) is 2.41. The Morgan fingerprint density at radius 2 is 2.47 bits per heavy atom. The SMILES string of the molecule is CCc1ccsc1C(=O)N(C)C1CCCNC1. The summed E-state index contributed by atoms with van der Waals surface area (Å²) in [4.78, 5) is 15.2. The van der Waals surface area contributed by atoms with E-state index in [4.69, 9.17) is 0 Å². The Labute approximate surface area is 107 Å². The first-order chi connectivity index (χ1) is 8.24. The van der Waals surface area contributed by atoms with E-state index in [1.54, 1.807) is 11.3 Å². The first-order valence-electron chi connectivity index (χ1n) is 6.28. The number of hydrogen-bond donors (Lipinski definition) is 1. The van der Waals surface area contributed by atoms with Crippen molar-refractivity contribution in [2.45, 2.75) is 32.2 Å². The third-order valence-electron chi connectivity index (χ3n) is 3.46. The van der Waals surface area contributed by atoms with Crippen molar-refractivity contribution in [3.05, 3.63) is 21.9 Å². The van der Waals surface area contributed by atoms with Crippen molar-refractivity contribution in [3.63, 3.8) is 0 Å². The second-order valence-electron chi connectivity index (χ2n) is 4.54. The number of nitrogens with one attached hydrogen (secondary N) is 1. The molecule has 4 heteroatoms. The van der Waals surface area contributed by atoms with Crippen LogP contribution in [0.4, 0.5) is 0 Å². The second kappa shape index (κ2) is 5.65. The van der Waals surface area contributed by atoms with Gasteiger partial charge in [0.2, 0.25) is 0 Å². The summed E-state index contributed by atoms with van der Waals surface area (Å²) in [5.74, 6) is 0.186. The highest BCUT2D eigenvalue weighted by atomic mass is 32.1. The number of nitrogens with zero attached hydrogens (tertiary/aromatic N) is 1. The van der Waals surface area contributed by atoms with Gasteiger partial charge in [-0.2, -0.15) is 0 Å². The molecule has 17 heavy (non-hydrogen) atoms. The molecular weight excluding hydrogens is 232 g/mol. The number of piperidine rings is 1. The van der Waals surface area contributed by atoms with Crippen molar-refractivity contribution in [3.8, 4) is 0 Å². The van der Waals surface area contributed by atoms with E-state index >= 15 is 0 Å². The molecule has 0 spiro atoms. The fraction of sp³-hybridized carbons (Fsp3) is 0.615. The molecule has 1 N–H and O–H groups in total. The Balaban J connectivity index is 2.08. The fourth-order valence-corrected chi connectivity index (χ4v) is 3.27. The molecule has 0 saturated carbocycles. The number of carbonyl (C=O) groups is 1. The van der Waals surface area contributed by atoms with Crippen LogP contribution in [0.5, 0.6) is 0 Å². The highest BCUT2D eigenvalue weighted by Crippen LogP contribution is 2.21. The van der Waals surface area contributed by atoms with Gasteiger partial charge in [-0.3, -0.25) is 4.79 Å². The minimum atomic E-state index is 0.186. The summed E-state index contributed by atoms with van der Waals surface area (Å²) in [6.45, 7) is 4.10. The first kappa shape index (κ1) is 12.6. The van der Waals surface area contributed by atoms with Gasteiger partial charge in [-0.15, -0.1) is 11.3 Å². The summed E-state index contributed by atoms with van der Waals surface area (Å²) < 4.78 is 0. The average molecular weight is 252 g/mol. The first-order valence-corrected chi connectivity index (χ1v) is 7.16. The molecule has 1 fully saturated rings. The molecule has 0 radical (unpaired) electrons. The molecule has 0 aromatic carbocycles. The Bertz CT molecular complexity index is 383.